The maximum Gasteiger partial charge on any atom is 0.137 e. The molecule has 1 aromatic carbocycles. The number of aryl methyl sites for hydroxylation is 1. The van der Waals surface area contributed by atoms with Crippen LogP contribution in [0, 0.1) is 13.8 Å². The first-order valence-corrected chi connectivity index (χ1v) is 7.43. The van der Waals surface area contributed by atoms with E-state index in [9.17, 15) is 0 Å². The van der Waals surface area contributed by atoms with Crippen molar-refractivity contribution in [2.45, 2.75) is 40.3 Å². The largest absolute Gasteiger partial charge is 0.495 e. The molecule has 0 aliphatic heterocycles. The van der Waals surface area contributed by atoms with Crippen molar-refractivity contribution in [3.63, 3.8) is 0 Å². The van der Waals surface area contributed by atoms with Crippen LogP contribution in [0.1, 0.15) is 36.8 Å². The Morgan fingerprint density at radius 3 is 2.57 bits per heavy atom. The number of nitrogens with zero attached hydrogens (tertiary/aromatic N) is 2. The summed E-state index contributed by atoms with van der Waals surface area (Å²) in [6.45, 7) is 9.08. The third-order valence-corrected chi connectivity index (χ3v) is 3.79. The Balaban J connectivity index is 2.15. The van der Waals surface area contributed by atoms with E-state index < -0.39 is 0 Å². The lowest BCUT2D eigenvalue weighted by molar-refractivity contribution is 0.415. The Morgan fingerprint density at radius 2 is 2.05 bits per heavy atom. The van der Waals surface area contributed by atoms with Crippen molar-refractivity contribution in [1.82, 2.24) is 9.78 Å². The van der Waals surface area contributed by atoms with Gasteiger partial charge in [0, 0.05) is 12.6 Å². The zero-order valence-electron chi connectivity index (χ0n) is 13.2. The predicted octanol–water partition coefficient (Wildman–Crippen LogP) is 4.35. The van der Waals surface area contributed by atoms with Crippen molar-refractivity contribution in [2.75, 3.05) is 12.4 Å². The van der Waals surface area contributed by atoms with Gasteiger partial charge in [0.1, 0.15) is 5.75 Å². The lowest BCUT2D eigenvalue weighted by Gasteiger charge is -2.11. The minimum absolute atomic E-state index is 0.356. The summed E-state index contributed by atoms with van der Waals surface area (Å²) in [5.41, 5.74) is 4.37. The number of nitrogens with one attached hydrogen (secondary N) is 1. The summed E-state index contributed by atoms with van der Waals surface area (Å²) in [5, 5.41) is 8.66. The van der Waals surface area contributed by atoms with E-state index in [-0.39, 0.29) is 0 Å². The third kappa shape index (κ3) is 3.32. The molecule has 0 atom stereocenters. The van der Waals surface area contributed by atoms with E-state index in [0.717, 1.165) is 22.6 Å². The van der Waals surface area contributed by atoms with Gasteiger partial charge >= 0.3 is 0 Å². The van der Waals surface area contributed by atoms with Gasteiger partial charge in [-0.2, -0.15) is 5.10 Å². The molecular weight excluding hydrogens is 286 g/mol. The topological polar surface area (TPSA) is 39.1 Å². The zero-order chi connectivity index (χ0) is 15.6. The van der Waals surface area contributed by atoms with Gasteiger partial charge in [-0.3, -0.25) is 4.68 Å². The number of rotatable bonds is 5. The molecule has 21 heavy (non-hydrogen) atoms. The van der Waals surface area contributed by atoms with Crippen LogP contribution in [0.5, 0.6) is 5.75 Å². The third-order valence-electron chi connectivity index (χ3n) is 3.50. The lowest BCUT2D eigenvalue weighted by Crippen LogP contribution is -2.06. The number of methoxy groups -OCH3 is 1. The van der Waals surface area contributed by atoms with Crippen LogP contribution in [0.2, 0.25) is 5.02 Å². The molecule has 0 aliphatic rings. The van der Waals surface area contributed by atoms with Gasteiger partial charge in [0.25, 0.3) is 0 Å². The first-order valence-electron chi connectivity index (χ1n) is 7.06. The molecule has 1 aromatic heterocycles. The fourth-order valence-corrected chi connectivity index (χ4v) is 2.71. The van der Waals surface area contributed by atoms with E-state index in [0.29, 0.717) is 23.4 Å². The van der Waals surface area contributed by atoms with E-state index in [1.165, 1.54) is 0 Å². The maximum absolute atomic E-state index is 6.15. The van der Waals surface area contributed by atoms with Crippen LogP contribution in [0.4, 0.5) is 5.69 Å². The van der Waals surface area contributed by atoms with Crippen molar-refractivity contribution in [3.05, 3.63) is 40.2 Å². The molecule has 1 heterocycles. The molecule has 0 amide bonds. The van der Waals surface area contributed by atoms with Crippen LogP contribution < -0.4 is 10.1 Å². The molecule has 2 aromatic rings. The summed E-state index contributed by atoms with van der Waals surface area (Å²) < 4.78 is 7.21. The van der Waals surface area contributed by atoms with Gasteiger partial charge < -0.3 is 10.1 Å². The summed E-state index contributed by atoms with van der Waals surface area (Å²) >= 11 is 6.15. The van der Waals surface area contributed by atoms with Gasteiger partial charge in [0.2, 0.25) is 0 Å². The number of aromatic nitrogens is 2. The second kappa shape index (κ2) is 6.39. The Hall–Kier alpha value is -1.68. The van der Waals surface area contributed by atoms with Crippen LogP contribution in [-0.2, 0) is 6.54 Å². The summed E-state index contributed by atoms with van der Waals surface area (Å²) in [4.78, 5) is 0. The van der Waals surface area contributed by atoms with E-state index >= 15 is 0 Å². The zero-order valence-corrected chi connectivity index (χ0v) is 14.0. The molecule has 0 bridgehead atoms. The first-order chi connectivity index (χ1) is 9.93. The highest BCUT2D eigenvalue weighted by Gasteiger charge is 2.13. The second-order valence-corrected chi connectivity index (χ2v) is 5.81. The predicted molar refractivity (Wildman–Crippen MR) is 87.4 cm³/mol. The normalized spacial score (nSPS) is 11.0. The van der Waals surface area contributed by atoms with E-state index in [2.05, 4.69) is 31.2 Å². The number of hydrogen-bond donors (Lipinski definition) is 1. The van der Waals surface area contributed by atoms with Gasteiger partial charge in [0.15, 0.2) is 0 Å². The molecule has 0 radical (unpaired) electrons. The molecule has 1 N–H and O–H groups in total. The Morgan fingerprint density at radius 1 is 1.33 bits per heavy atom. The van der Waals surface area contributed by atoms with Crippen molar-refractivity contribution in [2.24, 2.45) is 0 Å². The Bertz CT molecular complexity index is 635. The smallest absolute Gasteiger partial charge is 0.137 e. The van der Waals surface area contributed by atoms with Gasteiger partial charge in [-0.15, -0.1) is 0 Å². The molecule has 0 saturated heterocycles. The Kier molecular flexibility index (Phi) is 4.78. The molecule has 2 rings (SSSR count). The van der Waals surface area contributed by atoms with Crippen LogP contribution in [0.15, 0.2) is 18.2 Å². The number of hydrogen-bond acceptors (Lipinski definition) is 3. The fraction of sp³-hybridized carbons (Fsp3) is 0.438. The van der Waals surface area contributed by atoms with Gasteiger partial charge in [-0.05, 0) is 45.4 Å². The lowest BCUT2D eigenvalue weighted by atomic mass is 10.2. The molecule has 0 saturated carbocycles. The molecule has 4 nitrogen and oxygen atoms in total. The van der Waals surface area contributed by atoms with E-state index in [1.54, 1.807) is 7.11 Å². The average molecular weight is 308 g/mol. The van der Waals surface area contributed by atoms with Gasteiger partial charge in [-0.1, -0.05) is 17.7 Å². The summed E-state index contributed by atoms with van der Waals surface area (Å²) in [5.74, 6) is 0.695. The highest BCUT2D eigenvalue weighted by molar-refractivity contribution is 6.32. The second-order valence-electron chi connectivity index (χ2n) is 5.41. The van der Waals surface area contributed by atoms with Crippen LogP contribution in [-0.4, -0.2) is 16.9 Å². The van der Waals surface area contributed by atoms with Crippen molar-refractivity contribution in [3.8, 4) is 5.75 Å². The van der Waals surface area contributed by atoms with Crippen LogP contribution in [0.25, 0.3) is 0 Å². The monoisotopic (exact) mass is 307 g/mol. The Labute approximate surface area is 131 Å². The fourth-order valence-electron chi connectivity index (χ4n) is 2.43. The molecule has 0 spiro atoms. The van der Waals surface area contributed by atoms with Gasteiger partial charge in [0.05, 0.1) is 29.2 Å². The van der Waals surface area contributed by atoms with E-state index in [1.807, 2.05) is 29.8 Å². The number of halogens is 1. The number of anilines is 1. The number of benzene rings is 1. The molecule has 0 unspecified atom stereocenters. The summed E-state index contributed by atoms with van der Waals surface area (Å²) in [6.07, 6.45) is 0. The highest BCUT2D eigenvalue weighted by Crippen LogP contribution is 2.26. The molecule has 114 valence electrons. The number of ether oxygens (including phenoxy) is 1. The quantitative estimate of drug-likeness (QED) is 0.892. The van der Waals surface area contributed by atoms with E-state index in [4.69, 9.17) is 16.3 Å². The molecular formula is C16H22ClN3O. The highest BCUT2D eigenvalue weighted by atomic mass is 35.5. The molecule has 0 fully saturated rings. The van der Waals surface area contributed by atoms with Crippen LogP contribution >= 0.6 is 11.6 Å². The van der Waals surface area contributed by atoms with Crippen molar-refractivity contribution < 1.29 is 4.74 Å². The van der Waals surface area contributed by atoms with Gasteiger partial charge in [-0.25, -0.2) is 0 Å². The van der Waals surface area contributed by atoms with Crippen molar-refractivity contribution >= 4 is 17.3 Å². The average Bonchev–Trinajstić information content (AvgIpc) is 2.72. The van der Waals surface area contributed by atoms with Crippen molar-refractivity contribution in [1.29, 1.82) is 0 Å². The first kappa shape index (κ1) is 15.7. The minimum atomic E-state index is 0.356. The molecule has 5 heteroatoms. The summed E-state index contributed by atoms with van der Waals surface area (Å²) in [7, 11) is 1.62. The standard InChI is InChI=1S/C16H22ClN3O/c1-10(2)20-12(4)16(11(3)19-20)18-9-13-6-7-15(21-5)14(17)8-13/h6-8,10,18H,9H2,1-5H3. The summed E-state index contributed by atoms with van der Waals surface area (Å²) in [6, 6.07) is 6.17. The SMILES string of the molecule is COc1ccc(CNc2c(C)nn(C(C)C)c2C)cc1Cl. The molecule has 0 aliphatic carbocycles. The maximum atomic E-state index is 6.15. The minimum Gasteiger partial charge on any atom is -0.495 e. The van der Waals surface area contributed by atoms with Crippen LogP contribution in [0.3, 0.4) is 0 Å².